The molecule has 0 aliphatic carbocycles. The number of aryl methyl sites for hydroxylation is 2. The third-order valence-electron chi connectivity index (χ3n) is 4.83. The van der Waals surface area contributed by atoms with Gasteiger partial charge in [-0.25, -0.2) is 9.97 Å². The molecule has 5 nitrogen and oxygen atoms in total. The highest BCUT2D eigenvalue weighted by molar-refractivity contribution is 6.31. The normalized spacial score (nSPS) is 10.5. The summed E-state index contributed by atoms with van der Waals surface area (Å²) in [5.74, 6) is 0.480. The second-order valence-electron chi connectivity index (χ2n) is 7.28. The highest BCUT2D eigenvalue weighted by atomic mass is 35.5. The van der Waals surface area contributed by atoms with E-state index in [1.807, 2.05) is 49.4 Å². The van der Waals surface area contributed by atoms with E-state index in [0.717, 1.165) is 22.5 Å². The zero-order chi connectivity index (χ0) is 21.8. The van der Waals surface area contributed by atoms with Crippen molar-refractivity contribution >= 4 is 34.7 Å². The molecule has 2 N–H and O–H groups in total. The number of hydrogen-bond acceptors (Lipinski definition) is 4. The summed E-state index contributed by atoms with van der Waals surface area (Å²) in [6.45, 7) is 3.97. The largest absolute Gasteiger partial charge is 0.340 e. The summed E-state index contributed by atoms with van der Waals surface area (Å²) >= 11 is 6.13. The van der Waals surface area contributed by atoms with Gasteiger partial charge in [0, 0.05) is 33.6 Å². The maximum absolute atomic E-state index is 12.5. The third kappa shape index (κ3) is 5.08. The Hall–Kier alpha value is -3.70. The molecule has 0 bridgehead atoms. The molecule has 0 radical (unpaired) electrons. The van der Waals surface area contributed by atoms with Crippen molar-refractivity contribution in [1.82, 2.24) is 9.97 Å². The smallest absolute Gasteiger partial charge is 0.255 e. The summed E-state index contributed by atoms with van der Waals surface area (Å²) in [6.07, 6.45) is 1.54. The number of amides is 1. The van der Waals surface area contributed by atoms with Gasteiger partial charge in [-0.1, -0.05) is 41.4 Å². The Kier molecular flexibility index (Phi) is 5.96. The van der Waals surface area contributed by atoms with Crippen LogP contribution in [0.25, 0.3) is 11.3 Å². The minimum absolute atomic E-state index is 0.199. The van der Waals surface area contributed by atoms with Crippen LogP contribution in [0, 0.1) is 13.8 Å². The number of aromatic nitrogens is 2. The Bertz CT molecular complexity index is 1240. The molecule has 6 heteroatoms. The molecule has 4 rings (SSSR count). The van der Waals surface area contributed by atoms with Crippen molar-refractivity contribution in [2.24, 2.45) is 0 Å². The van der Waals surface area contributed by atoms with Gasteiger partial charge in [0.15, 0.2) is 0 Å². The van der Waals surface area contributed by atoms with Crippen LogP contribution < -0.4 is 10.6 Å². The molecule has 154 valence electrons. The van der Waals surface area contributed by atoms with E-state index in [2.05, 4.69) is 39.7 Å². The highest BCUT2D eigenvalue weighted by Gasteiger charge is 2.08. The van der Waals surface area contributed by atoms with Crippen LogP contribution in [0.5, 0.6) is 0 Å². The number of carbonyl (C=O) groups is 1. The first-order chi connectivity index (χ1) is 15.0. The molecule has 0 saturated carbocycles. The van der Waals surface area contributed by atoms with Crippen molar-refractivity contribution in [3.8, 4) is 11.3 Å². The lowest BCUT2D eigenvalue weighted by Crippen LogP contribution is -2.11. The van der Waals surface area contributed by atoms with Gasteiger partial charge in [-0.3, -0.25) is 4.79 Å². The molecule has 3 aromatic carbocycles. The van der Waals surface area contributed by atoms with Gasteiger partial charge in [-0.05, 0) is 61.9 Å². The van der Waals surface area contributed by atoms with E-state index in [0.29, 0.717) is 22.1 Å². The molecular weight excluding hydrogens is 408 g/mol. The zero-order valence-corrected chi connectivity index (χ0v) is 17.9. The fraction of sp³-hybridized carbons (Fsp3) is 0.0800. The van der Waals surface area contributed by atoms with Gasteiger partial charge in [0.05, 0.1) is 5.69 Å². The average Bonchev–Trinajstić information content (AvgIpc) is 2.77. The average molecular weight is 429 g/mol. The van der Waals surface area contributed by atoms with E-state index in [1.54, 1.807) is 18.2 Å². The van der Waals surface area contributed by atoms with Gasteiger partial charge in [0.25, 0.3) is 5.91 Å². The Labute approximate surface area is 186 Å². The topological polar surface area (TPSA) is 66.9 Å². The number of carbonyl (C=O) groups excluding carboxylic acids is 1. The van der Waals surface area contributed by atoms with Crippen LogP contribution in [0.15, 0.2) is 79.1 Å². The summed E-state index contributed by atoms with van der Waals surface area (Å²) < 4.78 is 0. The number of anilines is 3. The van der Waals surface area contributed by atoms with E-state index in [4.69, 9.17) is 11.6 Å². The van der Waals surface area contributed by atoms with E-state index >= 15 is 0 Å². The minimum Gasteiger partial charge on any atom is -0.340 e. The first kappa shape index (κ1) is 20.6. The van der Waals surface area contributed by atoms with Crippen molar-refractivity contribution in [3.63, 3.8) is 0 Å². The van der Waals surface area contributed by atoms with E-state index in [9.17, 15) is 4.79 Å². The molecule has 1 aromatic heterocycles. The summed E-state index contributed by atoms with van der Waals surface area (Å²) in [5.41, 5.74) is 6.04. The van der Waals surface area contributed by atoms with Crippen molar-refractivity contribution < 1.29 is 4.79 Å². The Morgan fingerprint density at radius 3 is 2.39 bits per heavy atom. The van der Waals surface area contributed by atoms with Gasteiger partial charge < -0.3 is 10.6 Å². The molecule has 0 fully saturated rings. The van der Waals surface area contributed by atoms with E-state index < -0.39 is 0 Å². The predicted octanol–water partition coefficient (Wildman–Crippen LogP) is 6.41. The van der Waals surface area contributed by atoms with E-state index in [-0.39, 0.29) is 5.91 Å². The number of rotatable bonds is 5. The molecule has 0 unspecified atom stereocenters. The molecule has 1 heterocycles. The quantitative estimate of drug-likeness (QED) is 0.385. The number of nitrogens with one attached hydrogen (secondary N) is 2. The maximum atomic E-state index is 12.5. The number of halogens is 1. The highest BCUT2D eigenvalue weighted by Crippen LogP contribution is 2.23. The van der Waals surface area contributed by atoms with Crippen molar-refractivity contribution in [2.45, 2.75) is 13.8 Å². The van der Waals surface area contributed by atoms with Gasteiger partial charge in [-0.15, -0.1) is 0 Å². The van der Waals surface area contributed by atoms with Crippen LogP contribution in [0.4, 0.5) is 17.2 Å². The molecule has 0 spiro atoms. The lowest BCUT2D eigenvalue weighted by atomic mass is 10.1. The third-order valence-corrected chi connectivity index (χ3v) is 5.24. The molecule has 0 aliphatic rings. The summed E-state index contributed by atoms with van der Waals surface area (Å²) in [7, 11) is 0. The Morgan fingerprint density at radius 1 is 0.871 bits per heavy atom. The van der Waals surface area contributed by atoms with Crippen LogP contribution in [0.2, 0.25) is 5.02 Å². The van der Waals surface area contributed by atoms with Gasteiger partial charge in [0.2, 0.25) is 0 Å². The predicted molar refractivity (Wildman–Crippen MR) is 126 cm³/mol. The van der Waals surface area contributed by atoms with Crippen molar-refractivity contribution in [2.75, 3.05) is 10.6 Å². The Morgan fingerprint density at radius 2 is 1.65 bits per heavy atom. The molecular formula is C25H21ClN4O. The van der Waals surface area contributed by atoms with Gasteiger partial charge in [0.1, 0.15) is 12.1 Å². The monoisotopic (exact) mass is 428 g/mol. The lowest BCUT2D eigenvalue weighted by molar-refractivity contribution is 0.102. The second kappa shape index (κ2) is 8.98. The fourth-order valence-electron chi connectivity index (χ4n) is 3.11. The second-order valence-corrected chi connectivity index (χ2v) is 7.69. The van der Waals surface area contributed by atoms with Crippen LogP contribution in [0.1, 0.15) is 21.5 Å². The molecule has 1 amide bonds. The molecule has 31 heavy (non-hydrogen) atoms. The first-order valence-electron chi connectivity index (χ1n) is 9.81. The van der Waals surface area contributed by atoms with E-state index in [1.165, 1.54) is 11.9 Å². The van der Waals surface area contributed by atoms with Crippen molar-refractivity contribution in [1.29, 1.82) is 0 Å². The summed E-state index contributed by atoms with van der Waals surface area (Å²) in [6, 6.07) is 22.7. The van der Waals surface area contributed by atoms with Crippen LogP contribution >= 0.6 is 11.6 Å². The van der Waals surface area contributed by atoms with Crippen LogP contribution in [-0.2, 0) is 0 Å². The Balaban J connectivity index is 1.45. The first-order valence-corrected chi connectivity index (χ1v) is 10.2. The number of hydrogen-bond donors (Lipinski definition) is 2. The van der Waals surface area contributed by atoms with Crippen LogP contribution in [0.3, 0.4) is 0 Å². The lowest BCUT2D eigenvalue weighted by Gasteiger charge is -2.09. The van der Waals surface area contributed by atoms with Crippen LogP contribution in [-0.4, -0.2) is 15.9 Å². The number of nitrogens with zero attached hydrogens (tertiary/aromatic N) is 2. The summed E-state index contributed by atoms with van der Waals surface area (Å²) in [4.78, 5) is 21.2. The zero-order valence-electron chi connectivity index (χ0n) is 17.2. The van der Waals surface area contributed by atoms with Crippen molar-refractivity contribution in [3.05, 3.63) is 101 Å². The molecule has 0 aliphatic heterocycles. The van der Waals surface area contributed by atoms with Gasteiger partial charge >= 0.3 is 0 Å². The molecule has 0 saturated heterocycles. The standard InChI is InChI=1S/C25H21ClN4O/c1-16-4-3-5-19(12-16)23-14-24(28-15-27-23)29-20-10-7-18(8-11-20)25(31)30-21-9-6-17(2)22(26)13-21/h3-15H,1-2H3,(H,30,31)(H,27,28,29). The maximum Gasteiger partial charge on any atom is 0.255 e. The SMILES string of the molecule is Cc1cccc(-c2cc(Nc3ccc(C(=O)Nc4ccc(C)c(Cl)c4)cc3)ncn2)c1. The molecule has 0 atom stereocenters. The molecule has 4 aromatic rings. The summed E-state index contributed by atoms with van der Waals surface area (Å²) in [5, 5.41) is 6.74. The fourth-order valence-corrected chi connectivity index (χ4v) is 3.30. The minimum atomic E-state index is -0.199. The van der Waals surface area contributed by atoms with Gasteiger partial charge in [-0.2, -0.15) is 0 Å². The number of benzene rings is 3.